The number of benzene rings is 1. The van der Waals surface area contributed by atoms with Gasteiger partial charge in [0.2, 0.25) is 0 Å². The number of hydrogen-bond acceptors (Lipinski definition) is 1. The molecule has 84 valence electrons. The fraction of sp³-hybridized carbons (Fsp3) is 0.333. The molecule has 1 atom stereocenters. The van der Waals surface area contributed by atoms with Crippen molar-refractivity contribution in [3.63, 3.8) is 0 Å². The quantitative estimate of drug-likeness (QED) is 0.639. The summed E-state index contributed by atoms with van der Waals surface area (Å²) in [5.74, 6) is -1.96. The minimum atomic E-state index is -2.83. The molecular formula is C9H8ClF4N. The molecule has 0 heterocycles. The molecule has 6 heteroatoms. The average molecular weight is 242 g/mol. The number of alkyl halides is 2. The van der Waals surface area contributed by atoms with Crippen LogP contribution in [0.5, 0.6) is 0 Å². The van der Waals surface area contributed by atoms with Gasteiger partial charge in [0.25, 0.3) is 6.43 Å². The van der Waals surface area contributed by atoms with E-state index in [0.29, 0.717) is 0 Å². The Morgan fingerprint density at radius 2 is 1.87 bits per heavy atom. The highest BCUT2D eigenvalue weighted by molar-refractivity contribution is 6.30. The molecule has 0 saturated heterocycles. The van der Waals surface area contributed by atoms with Gasteiger partial charge in [-0.3, -0.25) is 0 Å². The summed E-state index contributed by atoms with van der Waals surface area (Å²) >= 11 is 5.38. The second-order valence-corrected chi connectivity index (χ2v) is 3.43. The van der Waals surface area contributed by atoms with E-state index in [2.05, 4.69) is 0 Å². The Kier molecular flexibility index (Phi) is 3.93. The van der Waals surface area contributed by atoms with Crippen LogP contribution < -0.4 is 5.73 Å². The Hall–Kier alpha value is -0.810. The molecule has 0 spiro atoms. The van der Waals surface area contributed by atoms with Crippen LogP contribution in [0.1, 0.15) is 5.56 Å². The van der Waals surface area contributed by atoms with E-state index in [0.717, 1.165) is 12.1 Å². The van der Waals surface area contributed by atoms with Crippen molar-refractivity contribution >= 4 is 11.6 Å². The van der Waals surface area contributed by atoms with E-state index in [4.69, 9.17) is 17.3 Å². The molecule has 0 aliphatic carbocycles. The summed E-state index contributed by atoms with van der Waals surface area (Å²) in [6.45, 7) is 0. The Labute approximate surface area is 88.8 Å². The Morgan fingerprint density at radius 1 is 1.27 bits per heavy atom. The van der Waals surface area contributed by atoms with Crippen molar-refractivity contribution in [1.82, 2.24) is 0 Å². The van der Waals surface area contributed by atoms with Gasteiger partial charge in [-0.2, -0.15) is 0 Å². The lowest BCUT2D eigenvalue weighted by molar-refractivity contribution is 0.115. The van der Waals surface area contributed by atoms with Crippen LogP contribution in [-0.2, 0) is 6.42 Å². The second kappa shape index (κ2) is 4.81. The van der Waals surface area contributed by atoms with Crippen molar-refractivity contribution in [1.29, 1.82) is 0 Å². The highest BCUT2D eigenvalue weighted by atomic mass is 35.5. The van der Waals surface area contributed by atoms with Crippen molar-refractivity contribution in [2.24, 2.45) is 5.73 Å². The number of rotatable bonds is 3. The minimum absolute atomic E-state index is 0.312. The fourth-order valence-electron chi connectivity index (χ4n) is 1.08. The third-order valence-corrected chi connectivity index (χ3v) is 2.19. The molecule has 0 bridgehead atoms. The van der Waals surface area contributed by atoms with E-state index in [9.17, 15) is 17.6 Å². The zero-order valence-corrected chi connectivity index (χ0v) is 8.24. The molecular weight excluding hydrogens is 234 g/mol. The van der Waals surface area contributed by atoms with E-state index in [1.807, 2.05) is 0 Å². The van der Waals surface area contributed by atoms with Crippen LogP contribution in [0.2, 0.25) is 5.02 Å². The Bertz CT molecular complexity index is 356. The van der Waals surface area contributed by atoms with Crippen LogP contribution in [0.15, 0.2) is 12.1 Å². The minimum Gasteiger partial charge on any atom is -0.323 e. The van der Waals surface area contributed by atoms with Gasteiger partial charge in [0.15, 0.2) is 0 Å². The van der Waals surface area contributed by atoms with Crippen molar-refractivity contribution in [3.8, 4) is 0 Å². The summed E-state index contributed by atoms with van der Waals surface area (Å²) in [5.41, 5.74) is 4.51. The molecule has 0 aromatic heterocycles. The number of nitrogens with two attached hydrogens (primary N) is 1. The van der Waals surface area contributed by atoms with E-state index in [1.165, 1.54) is 0 Å². The molecule has 0 saturated carbocycles. The second-order valence-electron chi connectivity index (χ2n) is 3.02. The van der Waals surface area contributed by atoms with E-state index in [-0.39, 0.29) is 5.02 Å². The SMILES string of the molecule is NC(Cc1c(F)ccc(Cl)c1F)C(F)F. The van der Waals surface area contributed by atoms with Gasteiger partial charge in [-0.1, -0.05) is 11.6 Å². The molecule has 1 unspecified atom stereocenters. The smallest absolute Gasteiger partial charge is 0.253 e. The van der Waals surface area contributed by atoms with Gasteiger partial charge < -0.3 is 5.73 Å². The zero-order valence-electron chi connectivity index (χ0n) is 7.48. The molecule has 15 heavy (non-hydrogen) atoms. The van der Waals surface area contributed by atoms with Gasteiger partial charge in [0, 0.05) is 5.56 Å². The first kappa shape index (κ1) is 12.3. The van der Waals surface area contributed by atoms with Gasteiger partial charge in [-0.15, -0.1) is 0 Å². The third kappa shape index (κ3) is 2.82. The van der Waals surface area contributed by atoms with Crippen molar-refractivity contribution in [3.05, 3.63) is 34.4 Å². The normalized spacial score (nSPS) is 13.3. The molecule has 0 aliphatic heterocycles. The summed E-state index contributed by atoms with van der Waals surface area (Å²) in [6.07, 6.45) is -3.42. The van der Waals surface area contributed by atoms with Crippen LogP contribution >= 0.6 is 11.6 Å². The van der Waals surface area contributed by atoms with Crippen molar-refractivity contribution in [2.75, 3.05) is 0 Å². The maximum atomic E-state index is 13.2. The number of hydrogen-bond donors (Lipinski definition) is 1. The summed E-state index contributed by atoms with van der Waals surface area (Å²) in [7, 11) is 0. The molecule has 0 amide bonds. The fourth-order valence-corrected chi connectivity index (χ4v) is 1.26. The van der Waals surface area contributed by atoms with E-state index >= 15 is 0 Å². The predicted octanol–water partition coefficient (Wildman–Crippen LogP) is 2.75. The number of halogens is 5. The summed E-state index contributed by atoms with van der Waals surface area (Å²) < 4.78 is 50.4. The topological polar surface area (TPSA) is 26.0 Å². The summed E-state index contributed by atoms with van der Waals surface area (Å²) in [5, 5.41) is -0.312. The maximum Gasteiger partial charge on any atom is 0.253 e. The van der Waals surface area contributed by atoms with Gasteiger partial charge >= 0.3 is 0 Å². The van der Waals surface area contributed by atoms with Crippen LogP contribution in [-0.4, -0.2) is 12.5 Å². The molecule has 1 aromatic carbocycles. The maximum absolute atomic E-state index is 13.2. The summed E-state index contributed by atoms with van der Waals surface area (Å²) in [4.78, 5) is 0. The first-order valence-corrected chi connectivity index (χ1v) is 4.47. The van der Waals surface area contributed by atoms with Crippen molar-refractivity contribution < 1.29 is 17.6 Å². The largest absolute Gasteiger partial charge is 0.323 e. The third-order valence-electron chi connectivity index (χ3n) is 1.90. The monoisotopic (exact) mass is 241 g/mol. The molecule has 0 radical (unpaired) electrons. The lowest BCUT2D eigenvalue weighted by atomic mass is 10.1. The highest BCUT2D eigenvalue weighted by Crippen LogP contribution is 2.22. The summed E-state index contributed by atoms with van der Waals surface area (Å²) in [6, 6.07) is 0.329. The molecule has 1 rings (SSSR count). The van der Waals surface area contributed by atoms with Gasteiger partial charge in [-0.05, 0) is 18.6 Å². The van der Waals surface area contributed by atoms with E-state index < -0.39 is 36.1 Å². The first-order chi connectivity index (χ1) is 6.93. The van der Waals surface area contributed by atoms with Gasteiger partial charge in [0.05, 0.1) is 11.1 Å². The average Bonchev–Trinajstić information content (AvgIpc) is 2.18. The lowest BCUT2D eigenvalue weighted by Crippen LogP contribution is -2.31. The first-order valence-electron chi connectivity index (χ1n) is 4.09. The molecule has 1 nitrogen and oxygen atoms in total. The van der Waals surface area contributed by atoms with Gasteiger partial charge in [-0.25, -0.2) is 17.6 Å². The molecule has 2 N–H and O–H groups in total. The molecule has 0 fully saturated rings. The van der Waals surface area contributed by atoms with Crippen LogP contribution in [0, 0.1) is 11.6 Å². The zero-order chi connectivity index (χ0) is 11.6. The van der Waals surface area contributed by atoms with Crippen LogP contribution in [0.4, 0.5) is 17.6 Å². The molecule has 1 aromatic rings. The van der Waals surface area contributed by atoms with Crippen LogP contribution in [0.3, 0.4) is 0 Å². The lowest BCUT2D eigenvalue weighted by Gasteiger charge is -2.12. The Morgan fingerprint density at radius 3 is 2.40 bits per heavy atom. The predicted molar refractivity (Wildman–Crippen MR) is 49.1 cm³/mol. The molecule has 0 aliphatic rings. The van der Waals surface area contributed by atoms with Crippen LogP contribution in [0.25, 0.3) is 0 Å². The van der Waals surface area contributed by atoms with Gasteiger partial charge in [0.1, 0.15) is 11.6 Å². The van der Waals surface area contributed by atoms with Crippen molar-refractivity contribution in [2.45, 2.75) is 18.9 Å². The highest BCUT2D eigenvalue weighted by Gasteiger charge is 2.21. The van der Waals surface area contributed by atoms with E-state index in [1.54, 1.807) is 0 Å². The standard InChI is InChI=1S/C9H8ClF4N/c10-5-1-2-6(11)4(8(5)12)3-7(15)9(13)14/h1-2,7,9H,3,15H2. The Balaban J connectivity index is 2.98.